The van der Waals surface area contributed by atoms with Crippen LogP contribution in [0.1, 0.15) is 23.6 Å². The van der Waals surface area contributed by atoms with Crippen LogP contribution in [-0.2, 0) is 4.79 Å². The van der Waals surface area contributed by atoms with Crippen molar-refractivity contribution in [2.45, 2.75) is 12.3 Å². The summed E-state index contributed by atoms with van der Waals surface area (Å²) in [6.45, 7) is 0. The Morgan fingerprint density at radius 3 is 2.75 bits per heavy atom. The van der Waals surface area contributed by atoms with E-state index >= 15 is 0 Å². The SMILES string of the molecule is O=C1C[C@@H](c2cccc(O)c2)c2ncn(-c3ccc(F)cc3)c2N1. The van der Waals surface area contributed by atoms with E-state index in [9.17, 15) is 14.3 Å². The fourth-order valence-electron chi connectivity index (χ4n) is 3.02. The maximum atomic E-state index is 13.1. The molecule has 4 rings (SSSR count). The smallest absolute Gasteiger partial charge is 0.226 e. The van der Waals surface area contributed by atoms with Crippen molar-refractivity contribution < 1.29 is 14.3 Å². The number of fused-ring (bicyclic) bond motifs is 1. The van der Waals surface area contributed by atoms with Gasteiger partial charge in [0.05, 0.1) is 5.69 Å². The number of phenolic OH excluding ortho intramolecular Hbond substituents is 1. The Balaban J connectivity index is 1.81. The van der Waals surface area contributed by atoms with Gasteiger partial charge in [-0.15, -0.1) is 0 Å². The van der Waals surface area contributed by atoms with Gasteiger partial charge in [0.1, 0.15) is 23.7 Å². The maximum Gasteiger partial charge on any atom is 0.226 e. The van der Waals surface area contributed by atoms with Gasteiger partial charge in [-0.05, 0) is 42.0 Å². The number of aromatic nitrogens is 2. The summed E-state index contributed by atoms with van der Waals surface area (Å²) in [7, 11) is 0. The summed E-state index contributed by atoms with van der Waals surface area (Å²) < 4.78 is 14.9. The Labute approximate surface area is 137 Å². The quantitative estimate of drug-likeness (QED) is 0.761. The number of imidazole rings is 1. The van der Waals surface area contributed by atoms with Crippen LogP contribution in [0.15, 0.2) is 54.9 Å². The number of rotatable bonds is 2. The molecule has 0 unspecified atom stereocenters. The number of phenols is 1. The topological polar surface area (TPSA) is 67.1 Å². The second kappa shape index (κ2) is 5.49. The summed E-state index contributed by atoms with van der Waals surface area (Å²) in [5, 5.41) is 12.5. The van der Waals surface area contributed by atoms with Gasteiger partial charge in [0, 0.05) is 18.0 Å². The van der Waals surface area contributed by atoms with Gasteiger partial charge in [-0.25, -0.2) is 9.37 Å². The Morgan fingerprint density at radius 1 is 1.21 bits per heavy atom. The van der Waals surface area contributed by atoms with Crippen LogP contribution in [0.3, 0.4) is 0 Å². The summed E-state index contributed by atoms with van der Waals surface area (Å²) in [4.78, 5) is 16.6. The number of nitrogens with zero attached hydrogens (tertiary/aromatic N) is 2. The summed E-state index contributed by atoms with van der Waals surface area (Å²) >= 11 is 0. The molecule has 120 valence electrons. The van der Waals surface area contributed by atoms with Crippen LogP contribution in [0.4, 0.5) is 10.2 Å². The number of anilines is 1. The molecule has 0 saturated heterocycles. The van der Waals surface area contributed by atoms with Crippen LogP contribution >= 0.6 is 0 Å². The van der Waals surface area contributed by atoms with Crippen molar-refractivity contribution in [1.29, 1.82) is 0 Å². The molecule has 0 bridgehead atoms. The Bertz CT molecular complexity index is 918. The molecule has 0 spiro atoms. The fraction of sp³-hybridized carbons (Fsp3) is 0.111. The predicted molar refractivity (Wildman–Crippen MR) is 86.7 cm³/mol. The molecule has 3 aromatic rings. The van der Waals surface area contributed by atoms with E-state index in [4.69, 9.17) is 0 Å². The minimum Gasteiger partial charge on any atom is -0.508 e. The number of hydrogen-bond acceptors (Lipinski definition) is 3. The monoisotopic (exact) mass is 323 g/mol. The van der Waals surface area contributed by atoms with Gasteiger partial charge < -0.3 is 10.4 Å². The number of carbonyl (C=O) groups excluding carboxylic acids is 1. The highest BCUT2D eigenvalue weighted by Gasteiger charge is 2.31. The molecule has 5 nitrogen and oxygen atoms in total. The van der Waals surface area contributed by atoms with E-state index in [1.165, 1.54) is 12.1 Å². The summed E-state index contributed by atoms with van der Waals surface area (Å²) in [6, 6.07) is 12.8. The van der Waals surface area contributed by atoms with Crippen LogP contribution < -0.4 is 5.32 Å². The van der Waals surface area contributed by atoms with E-state index in [2.05, 4.69) is 10.3 Å². The first kappa shape index (κ1) is 14.4. The zero-order valence-corrected chi connectivity index (χ0v) is 12.6. The molecular weight excluding hydrogens is 309 g/mol. The molecule has 0 saturated carbocycles. The number of carbonyl (C=O) groups is 1. The highest BCUT2D eigenvalue weighted by atomic mass is 19.1. The van der Waals surface area contributed by atoms with Gasteiger partial charge >= 0.3 is 0 Å². The predicted octanol–water partition coefficient (Wildman–Crippen LogP) is 3.19. The molecular formula is C18H14FN3O2. The van der Waals surface area contributed by atoms with Crippen molar-refractivity contribution in [2.24, 2.45) is 0 Å². The first-order valence-electron chi connectivity index (χ1n) is 7.54. The van der Waals surface area contributed by atoms with Gasteiger partial charge in [0.2, 0.25) is 5.91 Å². The normalized spacial score (nSPS) is 16.5. The third kappa shape index (κ3) is 2.42. The first-order chi connectivity index (χ1) is 11.6. The molecule has 2 heterocycles. The molecule has 1 aliphatic rings. The Kier molecular flexibility index (Phi) is 3.30. The van der Waals surface area contributed by atoms with E-state index in [1.54, 1.807) is 41.2 Å². The van der Waals surface area contributed by atoms with Gasteiger partial charge in [-0.2, -0.15) is 0 Å². The van der Waals surface area contributed by atoms with Crippen molar-refractivity contribution in [1.82, 2.24) is 9.55 Å². The minimum absolute atomic E-state index is 0.125. The zero-order valence-electron chi connectivity index (χ0n) is 12.6. The van der Waals surface area contributed by atoms with E-state index in [-0.39, 0.29) is 29.8 Å². The summed E-state index contributed by atoms with van der Waals surface area (Å²) in [5.74, 6) is 0.0425. The maximum absolute atomic E-state index is 13.1. The number of nitrogens with one attached hydrogen (secondary N) is 1. The number of benzene rings is 2. The van der Waals surface area contributed by atoms with Crippen LogP contribution in [0.5, 0.6) is 5.75 Å². The summed E-state index contributed by atoms with van der Waals surface area (Å²) in [6.07, 6.45) is 1.87. The second-order valence-electron chi connectivity index (χ2n) is 5.72. The van der Waals surface area contributed by atoms with E-state index in [0.717, 1.165) is 11.3 Å². The molecule has 1 amide bonds. The van der Waals surface area contributed by atoms with Crippen molar-refractivity contribution in [3.63, 3.8) is 0 Å². The summed E-state index contributed by atoms with van der Waals surface area (Å²) in [5.41, 5.74) is 2.27. The third-order valence-corrected chi connectivity index (χ3v) is 4.15. The lowest BCUT2D eigenvalue weighted by Gasteiger charge is -2.23. The lowest BCUT2D eigenvalue weighted by Crippen LogP contribution is -2.24. The molecule has 2 aromatic carbocycles. The highest BCUT2D eigenvalue weighted by molar-refractivity contribution is 5.94. The molecule has 2 N–H and O–H groups in total. The van der Waals surface area contributed by atoms with E-state index in [1.807, 2.05) is 6.07 Å². The molecule has 0 fully saturated rings. The standard InChI is InChI=1S/C18H14FN3O2/c19-12-4-6-13(7-5-12)22-10-20-17-15(9-16(24)21-18(17)22)11-2-1-3-14(23)8-11/h1-8,10,15,23H,9H2,(H,21,24)/t15-/m0/s1. The molecule has 1 aromatic heterocycles. The molecule has 24 heavy (non-hydrogen) atoms. The van der Waals surface area contributed by atoms with Crippen molar-refractivity contribution in [2.75, 3.05) is 5.32 Å². The molecule has 0 aliphatic carbocycles. The Morgan fingerprint density at radius 2 is 2.00 bits per heavy atom. The van der Waals surface area contributed by atoms with Crippen LogP contribution in [0.25, 0.3) is 5.69 Å². The van der Waals surface area contributed by atoms with Crippen molar-refractivity contribution in [3.8, 4) is 11.4 Å². The highest BCUT2D eigenvalue weighted by Crippen LogP contribution is 2.38. The third-order valence-electron chi connectivity index (χ3n) is 4.15. The molecule has 1 atom stereocenters. The first-order valence-corrected chi connectivity index (χ1v) is 7.54. The van der Waals surface area contributed by atoms with Gasteiger partial charge in [-0.1, -0.05) is 12.1 Å². The Hall–Kier alpha value is -3.15. The van der Waals surface area contributed by atoms with Crippen LogP contribution in [0.2, 0.25) is 0 Å². The fourth-order valence-corrected chi connectivity index (χ4v) is 3.02. The number of aromatic hydroxyl groups is 1. The van der Waals surface area contributed by atoms with Crippen LogP contribution in [-0.4, -0.2) is 20.6 Å². The average Bonchev–Trinajstić information content (AvgIpc) is 2.98. The van der Waals surface area contributed by atoms with Crippen molar-refractivity contribution >= 4 is 11.7 Å². The number of halogens is 1. The average molecular weight is 323 g/mol. The lowest BCUT2D eigenvalue weighted by molar-refractivity contribution is -0.116. The van der Waals surface area contributed by atoms with Gasteiger partial charge in [0.25, 0.3) is 0 Å². The van der Waals surface area contributed by atoms with E-state index < -0.39 is 0 Å². The van der Waals surface area contributed by atoms with Crippen molar-refractivity contribution in [3.05, 3.63) is 71.9 Å². The molecule has 6 heteroatoms. The largest absolute Gasteiger partial charge is 0.508 e. The zero-order chi connectivity index (χ0) is 16.7. The molecule has 0 radical (unpaired) electrons. The van der Waals surface area contributed by atoms with E-state index in [0.29, 0.717) is 11.5 Å². The number of hydrogen-bond donors (Lipinski definition) is 2. The van der Waals surface area contributed by atoms with Gasteiger partial charge in [-0.3, -0.25) is 9.36 Å². The number of amides is 1. The van der Waals surface area contributed by atoms with Crippen LogP contribution in [0, 0.1) is 5.82 Å². The molecule has 1 aliphatic heterocycles. The second-order valence-corrected chi connectivity index (χ2v) is 5.72. The lowest BCUT2D eigenvalue weighted by atomic mass is 9.90. The minimum atomic E-state index is -0.325. The van der Waals surface area contributed by atoms with Gasteiger partial charge in [0.15, 0.2) is 0 Å².